The summed E-state index contributed by atoms with van der Waals surface area (Å²) in [5.74, 6) is 0.275. The second-order valence-electron chi connectivity index (χ2n) is 6.40. The second kappa shape index (κ2) is 6.40. The number of nitrogens with zero attached hydrogens (tertiary/aromatic N) is 3. The molecule has 2 amide bonds. The van der Waals surface area contributed by atoms with Gasteiger partial charge in [0, 0.05) is 25.5 Å². The van der Waals surface area contributed by atoms with Crippen LogP contribution in [0.3, 0.4) is 0 Å². The smallest absolute Gasteiger partial charge is 0.242 e. The van der Waals surface area contributed by atoms with Gasteiger partial charge in [-0.05, 0) is 24.5 Å². The molecular formula is C17H22N4O2. The first-order chi connectivity index (χ1) is 11.0. The molecule has 2 aromatic rings. The van der Waals surface area contributed by atoms with E-state index in [-0.39, 0.29) is 24.3 Å². The van der Waals surface area contributed by atoms with Crippen LogP contribution in [0.25, 0.3) is 5.65 Å². The van der Waals surface area contributed by atoms with E-state index in [0.29, 0.717) is 25.4 Å². The lowest BCUT2D eigenvalue weighted by atomic mass is 9.99. The highest BCUT2D eigenvalue weighted by atomic mass is 16.2. The number of nitrogens with one attached hydrogen (secondary N) is 1. The number of imidazole rings is 1. The molecule has 1 unspecified atom stereocenters. The van der Waals surface area contributed by atoms with E-state index in [4.69, 9.17) is 0 Å². The van der Waals surface area contributed by atoms with Crippen molar-refractivity contribution in [2.45, 2.75) is 32.7 Å². The van der Waals surface area contributed by atoms with Gasteiger partial charge in [-0.15, -0.1) is 0 Å². The van der Waals surface area contributed by atoms with Gasteiger partial charge in [-0.3, -0.25) is 9.59 Å². The molecule has 0 bridgehead atoms. The number of carbonyl (C=O) groups is 2. The first-order valence-electron chi connectivity index (χ1n) is 8.04. The Bertz CT molecular complexity index is 689. The zero-order valence-electron chi connectivity index (χ0n) is 13.5. The minimum absolute atomic E-state index is 0.0334. The van der Waals surface area contributed by atoms with E-state index in [1.54, 1.807) is 4.90 Å². The average Bonchev–Trinajstić information content (AvgIpc) is 2.91. The van der Waals surface area contributed by atoms with Gasteiger partial charge in [0.2, 0.25) is 11.8 Å². The Morgan fingerprint density at radius 1 is 1.43 bits per heavy atom. The molecule has 122 valence electrons. The molecule has 0 aromatic carbocycles. The SMILES string of the molecule is CC(C)CC1C(=O)NCCN1C(=O)Cc1cn2ccccc2n1. The van der Waals surface area contributed by atoms with Crippen molar-refractivity contribution in [2.24, 2.45) is 5.92 Å². The van der Waals surface area contributed by atoms with E-state index in [2.05, 4.69) is 24.1 Å². The molecule has 1 saturated heterocycles. The summed E-state index contributed by atoms with van der Waals surface area (Å²) in [7, 11) is 0. The van der Waals surface area contributed by atoms with Gasteiger partial charge in [-0.1, -0.05) is 19.9 Å². The molecule has 1 aliphatic rings. The average molecular weight is 314 g/mol. The fourth-order valence-corrected chi connectivity index (χ4v) is 3.02. The molecule has 3 heterocycles. The predicted octanol–water partition coefficient (Wildman–Crippen LogP) is 1.25. The van der Waals surface area contributed by atoms with Crippen molar-refractivity contribution in [3.8, 4) is 0 Å². The molecule has 0 radical (unpaired) electrons. The Morgan fingerprint density at radius 3 is 3.00 bits per heavy atom. The van der Waals surface area contributed by atoms with Crippen LogP contribution >= 0.6 is 0 Å². The number of rotatable bonds is 4. The van der Waals surface area contributed by atoms with E-state index >= 15 is 0 Å². The summed E-state index contributed by atoms with van der Waals surface area (Å²) in [5.41, 5.74) is 1.56. The molecule has 6 heteroatoms. The molecule has 3 rings (SSSR count). The van der Waals surface area contributed by atoms with Crippen molar-refractivity contribution < 1.29 is 9.59 Å². The lowest BCUT2D eigenvalue weighted by Gasteiger charge is -2.36. The van der Waals surface area contributed by atoms with Crippen LogP contribution in [-0.4, -0.2) is 45.2 Å². The van der Waals surface area contributed by atoms with E-state index < -0.39 is 0 Å². The predicted molar refractivity (Wildman–Crippen MR) is 86.9 cm³/mol. The van der Waals surface area contributed by atoms with Crippen LogP contribution in [0.4, 0.5) is 0 Å². The molecular weight excluding hydrogens is 292 g/mol. The summed E-state index contributed by atoms with van der Waals surface area (Å²) < 4.78 is 1.90. The van der Waals surface area contributed by atoms with Crippen molar-refractivity contribution in [1.29, 1.82) is 0 Å². The van der Waals surface area contributed by atoms with Gasteiger partial charge >= 0.3 is 0 Å². The van der Waals surface area contributed by atoms with Crippen LogP contribution < -0.4 is 5.32 Å². The summed E-state index contributed by atoms with van der Waals surface area (Å²) in [6.07, 6.45) is 4.69. The number of piperazine rings is 1. The fourth-order valence-electron chi connectivity index (χ4n) is 3.02. The quantitative estimate of drug-likeness (QED) is 0.923. The molecule has 0 saturated carbocycles. The van der Waals surface area contributed by atoms with Crippen molar-refractivity contribution in [3.05, 3.63) is 36.3 Å². The minimum Gasteiger partial charge on any atom is -0.353 e. The minimum atomic E-state index is -0.367. The number of pyridine rings is 1. The monoisotopic (exact) mass is 314 g/mol. The third-order valence-corrected chi connectivity index (χ3v) is 4.09. The summed E-state index contributed by atoms with van der Waals surface area (Å²) >= 11 is 0. The maximum atomic E-state index is 12.7. The maximum Gasteiger partial charge on any atom is 0.242 e. The van der Waals surface area contributed by atoms with Crippen LogP contribution in [0.1, 0.15) is 26.0 Å². The van der Waals surface area contributed by atoms with Crippen molar-refractivity contribution >= 4 is 17.5 Å². The van der Waals surface area contributed by atoms with Crippen molar-refractivity contribution in [2.75, 3.05) is 13.1 Å². The summed E-state index contributed by atoms with van der Waals surface area (Å²) in [6.45, 7) is 5.21. The third kappa shape index (κ3) is 3.36. The summed E-state index contributed by atoms with van der Waals surface area (Å²) in [5, 5.41) is 2.86. The van der Waals surface area contributed by atoms with Gasteiger partial charge in [0.25, 0.3) is 0 Å². The first kappa shape index (κ1) is 15.5. The summed E-state index contributed by atoms with van der Waals surface area (Å²) in [4.78, 5) is 31.0. The number of amides is 2. The number of fused-ring (bicyclic) bond motifs is 1. The highest BCUT2D eigenvalue weighted by Gasteiger charge is 2.33. The van der Waals surface area contributed by atoms with E-state index in [9.17, 15) is 9.59 Å². The number of hydrogen-bond donors (Lipinski definition) is 1. The molecule has 1 atom stereocenters. The topological polar surface area (TPSA) is 66.7 Å². The molecule has 1 fully saturated rings. The molecule has 0 aliphatic carbocycles. The van der Waals surface area contributed by atoms with E-state index in [1.165, 1.54) is 0 Å². The van der Waals surface area contributed by atoms with Crippen molar-refractivity contribution in [3.63, 3.8) is 0 Å². The standard InChI is InChI=1S/C17H22N4O2/c1-12(2)9-14-17(23)18-6-8-21(14)16(22)10-13-11-20-7-4-3-5-15(20)19-13/h3-5,7,11-12,14H,6,8-10H2,1-2H3,(H,18,23). The Kier molecular flexibility index (Phi) is 4.32. The van der Waals surface area contributed by atoms with Crippen LogP contribution in [0.2, 0.25) is 0 Å². The highest BCUT2D eigenvalue weighted by molar-refractivity contribution is 5.89. The van der Waals surface area contributed by atoms with Gasteiger partial charge in [-0.2, -0.15) is 0 Å². The maximum absolute atomic E-state index is 12.7. The molecule has 1 N–H and O–H groups in total. The van der Waals surface area contributed by atoms with Crippen LogP contribution in [0.5, 0.6) is 0 Å². The molecule has 6 nitrogen and oxygen atoms in total. The van der Waals surface area contributed by atoms with Crippen LogP contribution in [0.15, 0.2) is 30.6 Å². The van der Waals surface area contributed by atoms with Crippen LogP contribution in [0, 0.1) is 5.92 Å². The largest absolute Gasteiger partial charge is 0.353 e. The van der Waals surface area contributed by atoms with Crippen LogP contribution in [-0.2, 0) is 16.0 Å². The Labute approximate surface area is 135 Å². The Hall–Kier alpha value is -2.37. The second-order valence-corrected chi connectivity index (χ2v) is 6.40. The van der Waals surface area contributed by atoms with Gasteiger partial charge in [0.1, 0.15) is 11.7 Å². The lowest BCUT2D eigenvalue weighted by molar-refractivity contribution is -0.143. The Morgan fingerprint density at radius 2 is 2.26 bits per heavy atom. The number of carbonyl (C=O) groups excluding carboxylic acids is 2. The van der Waals surface area contributed by atoms with Gasteiger partial charge in [0.15, 0.2) is 0 Å². The zero-order chi connectivity index (χ0) is 16.4. The molecule has 23 heavy (non-hydrogen) atoms. The molecule has 1 aliphatic heterocycles. The summed E-state index contributed by atoms with van der Waals surface area (Å²) in [6, 6.07) is 5.38. The number of hydrogen-bond acceptors (Lipinski definition) is 3. The fraction of sp³-hybridized carbons (Fsp3) is 0.471. The van der Waals surface area contributed by atoms with Gasteiger partial charge in [-0.25, -0.2) is 4.98 Å². The first-order valence-corrected chi connectivity index (χ1v) is 8.04. The third-order valence-electron chi connectivity index (χ3n) is 4.09. The number of aromatic nitrogens is 2. The highest BCUT2D eigenvalue weighted by Crippen LogP contribution is 2.16. The van der Waals surface area contributed by atoms with Gasteiger partial charge in [0.05, 0.1) is 12.1 Å². The van der Waals surface area contributed by atoms with E-state index in [0.717, 1.165) is 11.3 Å². The Balaban J connectivity index is 1.76. The molecule has 0 spiro atoms. The van der Waals surface area contributed by atoms with E-state index in [1.807, 2.05) is 35.0 Å². The van der Waals surface area contributed by atoms with Crippen molar-refractivity contribution in [1.82, 2.24) is 19.6 Å². The zero-order valence-corrected chi connectivity index (χ0v) is 13.5. The normalized spacial score (nSPS) is 18.5. The molecule has 2 aromatic heterocycles. The lowest BCUT2D eigenvalue weighted by Crippen LogP contribution is -2.57. The van der Waals surface area contributed by atoms with Gasteiger partial charge < -0.3 is 14.6 Å².